The summed E-state index contributed by atoms with van der Waals surface area (Å²) in [6, 6.07) is 9.72. The molecule has 0 aliphatic rings. The number of carbonyl (C=O) groups excluding carboxylic acids is 1. The van der Waals surface area contributed by atoms with Gasteiger partial charge in [0.1, 0.15) is 5.82 Å². The molecule has 0 atom stereocenters. The Bertz CT molecular complexity index is 747. The fraction of sp³-hybridized carbons (Fsp3) is 0.250. The second-order valence-corrected chi connectivity index (χ2v) is 5.46. The van der Waals surface area contributed by atoms with Gasteiger partial charge in [0.2, 0.25) is 11.7 Å². The second kappa shape index (κ2) is 9.46. The number of benzene rings is 2. The molecule has 0 aromatic heterocycles. The van der Waals surface area contributed by atoms with Crippen LogP contribution in [0, 0.1) is 5.82 Å². The molecule has 0 fully saturated rings. The molecule has 2 aromatic rings. The summed E-state index contributed by atoms with van der Waals surface area (Å²) >= 11 is 0. The molecule has 6 heteroatoms. The number of carbonyl (C=O) groups is 1. The van der Waals surface area contributed by atoms with Crippen LogP contribution in [0.1, 0.15) is 11.1 Å². The summed E-state index contributed by atoms with van der Waals surface area (Å²) in [5.74, 6) is 1.04. The van der Waals surface area contributed by atoms with Crippen molar-refractivity contribution in [2.45, 2.75) is 6.42 Å². The van der Waals surface area contributed by atoms with Crippen LogP contribution in [0.2, 0.25) is 0 Å². The van der Waals surface area contributed by atoms with E-state index in [0.717, 1.165) is 11.1 Å². The third-order valence-corrected chi connectivity index (χ3v) is 3.74. The standard InChI is InChI=1S/C20H22FNO4/c1-24-17-12-15(13-18(25-2)20(17)26-3)6-9-19(23)22-11-10-14-4-7-16(21)8-5-14/h4-9,12-13H,10-11H2,1-3H3,(H,22,23). The Hall–Kier alpha value is -3.02. The predicted octanol–water partition coefficient (Wildman–Crippen LogP) is 3.22. The van der Waals surface area contributed by atoms with Gasteiger partial charge >= 0.3 is 0 Å². The van der Waals surface area contributed by atoms with E-state index in [2.05, 4.69) is 5.32 Å². The van der Waals surface area contributed by atoms with Gasteiger partial charge in [0.05, 0.1) is 21.3 Å². The Labute approximate surface area is 152 Å². The van der Waals surface area contributed by atoms with Crippen molar-refractivity contribution >= 4 is 12.0 Å². The maximum Gasteiger partial charge on any atom is 0.244 e. The van der Waals surface area contributed by atoms with Crippen molar-refractivity contribution in [3.05, 3.63) is 59.4 Å². The van der Waals surface area contributed by atoms with Gasteiger partial charge in [-0.25, -0.2) is 4.39 Å². The van der Waals surface area contributed by atoms with Crippen molar-refractivity contribution in [1.82, 2.24) is 5.32 Å². The summed E-state index contributed by atoms with van der Waals surface area (Å²) in [6.07, 6.45) is 3.73. The molecule has 0 aliphatic heterocycles. The lowest BCUT2D eigenvalue weighted by Gasteiger charge is -2.12. The van der Waals surface area contributed by atoms with Crippen molar-refractivity contribution in [2.75, 3.05) is 27.9 Å². The molecule has 0 aliphatic carbocycles. The first-order valence-corrected chi connectivity index (χ1v) is 8.07. The highest BCUT2D eigenvalue weighted by Gasteiger charge is 2.12. The monoisotopic (exact) mass is 359 g/mol. The molecule has 5 nitrogen and oxygen atoms in total. The molecule has 0 unspecified atom stereocenters. The number of rotatable bonds is 8. The number of methoxy groups -OCH3 is 3. The van der Waals surface area contributed by atoms with Crippen molar-refractivity contribution in [2.24, 2.45) is 0 Å². The van der Waals surface area contributed by atoms with E-state index in [1.54, 1.807) is 30.3 Å². The van der Waals surface area contributed by atoms with Crippen molar-refractivity contribution in [1.29, 1.82) is 0 Å². The first-order valence-electron chi connectivity index (χ1n) is 8.07. The fourth-order valence-electron chi connectivity index (χ4n) is 2.41. The first kappa shape index (κ1) is 19.3. The average molecular weight is 359 g/mol. The number of ether oxygens (including phenoxy) is 3. The van der Waals surface area contributed by atoms with Crippen molar-refractivity contribution in [3.8, 4) is 17.2 Å². The molecular weight excluding hydrogens is 337 g/mol. The molecule has 0 radical (unpaired) electrons. The van der Waals surface area contributed by atoms with Gasteiger partial charge in [-0.2, -0.15) is 0 Å². The van der Waals surface area contributed by atoms with Gasteiger partial charge in [0.25, 0.3) is 0 Å². The van der Waals surface area contributed by atoms with E-state index in [4.69, 9.17) is 14.2 Å². The number of amides is 1. The van der Waals surface area contributed by atoms with Crippen LogP contribution in [0.5, 0.6) is 17.2 Å². The van der Waals surface area contributed by atoms with Crippen LogP contribution in [0.25, 0.3) is 6.08 Å². The first-order chi connectivity index (χ1) is 12.6. The predicted molar refractivity (Wildman–Crippen MR) is 98.2 cm³/mol. The summed E-state index contributed by atoms with van der Waals surface area (Å²) in [4.78, 5) is 11.9. The van der Waals surface area contributed by atoms with E-state index >= 15 is 0 Å². The molecule has 138 valence electrons. The van der Waals surface area contributed by atoms with Crippen LogP contribution >= 0.6 is 0 Å². The number of halogens is 1. The Morgan fingerprint density at radius 3 is 2.19 bits per heavy atom. The molecule has 0 saturated heterocycles. The van der Waals surface area contributed by atoms with Crippen molar-refractivity contribution < 1.29 is 23.4 Å². The highest BCUT2D eigenvalue weighted by molar-refractivity contribution is 5.91. The smallest absolute Gasteiger partial charge is 0.244 e. The Morgan fingerprint density at radius 1 is 1.04 bits per heavy atom. The fourth-order valence-corrected chi connectivity index (χ4v) is 2.41. The molecule has 0 spiro atoms. The summed E-state index contributed by atoms with van der Waals surface area (Å²) in [7, 11) is 4.60. The minimum absolute atomic E-state index is 0.221. The SMILES string of the molecule is COc1cc(C=CC(=O)NCCc2ccc(F)cc2)cc(OC)c1OC. The maximum absolute atomic E-state index is 12.8. The quantitative estimate of drug-likeness (QED) is 0.736. The van der Waals surface area contributed by atoms with Crippen LogP contribution in [0.3, 0.4) is 0 Å². The van der Waals surface area contributed by atoms with E-state index in [0.29, 0.717) is 30.2 Å². The number of hydrogen-bond acceptors (Lipinski definition) is 4. The molecule has 26 heavy (non-hydrogen) atoms. The number of hydrogen-bond donors (Lipinski definition) is 1. The summed E-state index contributed by atoms with van der Waals surface area (Å²) in [5, 5.41) is 2.79. The average Bonchev–Trinajstić information content (AvgIpc) is 2.66. The third kappa shape index (κ3) is 5.24. The second-order valence-electron chi connectivity index (χ2n) is 5.46. The van der Waals surface area contributed by atoms with E-state index in [1.165, 1.54) is 39.5 Å². The zero-order valence-electron chi connectivity index (χ0n) is 15.0. The minimum atomic E-state index is -0.272. The molecular formula is C20H22FNO4. The normalized spacial score (nSPS) is 10.6. The van der Waals surface area contributed by atoms with E-state index in [-0.39, 0.29) is 11.7 Å². The summed E-state index contributed by atoms with van der Waals surface area (Å²) in [5.41, 5.74) is 1.70. The lowest BCUT2D eigenvalue weighted by molar-refractivity contribution is -0.116. The van der Waals surface area contributed by atoms with E-state index in [9.17, 15) is 9.18 Å². The van der Waals surface area contributed by atoms with Crippen LogP contribution in [0.15, 0.2) is 42.5 Å². The molecule has 1 N–H and O–H groups in total. The largest absolute Gasteiger partial charge is 0.493 e. The Kier molecular flexibility index (Phi) is 7.02. The lowest BCUT2D eigenvalue weighted by atomic mass is 10.1. The van der Waals surface area contributed by atoms with Crippen LogP contribution in [0.4, 0.5) is 4.39 Å². The molecule has 0 bridgehead atoms. The lowest BCUT2D eigenvalue weighted by Crippen LogP contribution is -2.23. The van der Waals surface area contributed by atoms with Gasteiger partial charge in [-0.15, -0.1) is 0 Å². The van der Waals surface area contributed by atoms with Gasteiger partial charge in [-0.3, -0.25) is 4.79 Å². The van der Waals surface area contributed by atoms with Crippen LogP contribution in [-0.4, -0.2) is 33.8 Å². The zero-order chi connectivity index (χ0) is 18.9. The van der Waals surface area contributed by atoms with Crippen LogP contribution < -0.4 is 19.5 Å². The van der Waals surface area contributed by atoms with Gasteiger partial charge in [-0.1, -0.05) is 12.1 Å². The molecule has 0 saturated carbocycles. The summed E-state index contributed by atoms with van der Waals surface area (Å²) in [6.45, 7) is 0.462. The van der Waals surface area contributed by atoms with Crippen molar-refractivity contribution in [3.63, 3.8) is 0 Å². The van der Waals surface area contributed by atoms with Crippen LogP contribution in [-0.2, 0) is 11.2 Å². The molecule has 1 amide bonds. The van der Waals surface area contributed by atoms with Gasteiger partial charge in [-0.05, 0) is 47.9 Å². The van der Waals surface area contributed by atoms with Gasteiger partial charge in [0, 0.05) is 12.6 Å². The van der Waals surface area contributed by atoms with E-state index in [1.807, 2.05) is 0 Å². The highest BCUT2D eigenvalue weighted by Crippen LogP contribution is 2.38. The van der Waals surface area contributed by atoms with E-state index < -0.39 is 0 Å². The maximum atomic E-state index is 12.8. The Balaban J connectivity index is 1.95. The molecule has 2 aromatic carbocycles. The van der Waals surface area contributed by atoms with Gasteiger partial charge < -0.3 is 19.5 Å². The third-order valence-electron chi connectivity index (χ3n) is 3.74. The number of nitrogens with one attached hydrogen (secondary N) is 1. The Morgan fingerprint density at radius 2 is 1.65 bits per heavy atom. The zero-order valence-corrected chi connectivity index (χ0v) is 15.0. The highest BCUT2D eigenvalue weighted by atomic mass is 19.1. The topological polar surface area (TPSA) is 56.8 Å². The van der Waals surface area contributed by atoms with Gasteiger partial charge in [0.15, 0.2) is 11.5 Å². The summed E-state index contributed by atoms with van der Waals surface area (Å²) < 4.78 is 28.7. The minimum Gasteiger partial charge on any atom is -0.493 e. The molecule has 2 rings (SSSR count). The molecule has 0 heterocycles.